The third-order valence-corrected chi connectivity index (χ3v) is 14.8. The molecule has 0 aliphatic carbocycles. The smallest absolute Gasteiger partial charge is 0.165 e. The van der Waals surface area contributed by atoms with Crippen molar-refractivity contribution >= 4 is 10.8 Å². The van der Waals surface area contributed by atoms with E-state index in [2.05, 4.69) is 258 Å². The Morgan fingerprint density at radius 1 is 0.317 bits per heavy atom. The van der Waals surface area contributed by atoms with Crippen LogP contribution in [-0.4, -0.2) is 24.9 Å². The van der Waals surface area contributed by atoms with Gasteiger partial charge in [0.2, 0.25) is 0 Å². The topological polar surface area (TPSA) is 64.5 Å². The fourth-order valence-corrected chi connectivity index (χ4v) is 9.81. The molecule has 11 aromatic rings. The molecule has 0 bridgehead atoms. The monoisotopic (exact) mass is 1430 g/mol. The Morgan fingerprint density at radius 3 is 1.17 bits per heavy atom. The van der Waals surface area contributed by atoms with Crippen molar-refractivity contribution in [3.8, 4) is 90.1 Å². The number of rotatable bonds is 8. The first-order valence-electron chi connectivity index (χ1n) is 27.8. The normalized spacial score (nSPS) is 11.7. The van der Waals surface area contributed by atoms with Gasteiger partial charge in [-0.05, 0) is 118 Å². The predicted molar refractivity (Wildman–Crippen MR) is 335 cm³/mol. The summed E-state index contributed by atoms with van der Waals surface area (Å²) in [6.45, 7) is 26.9. The summed E-state index contributed by atoms with van der Waals surface area (Å²) in [6, 6.07) is 77.5. The average Bonchev–Trinajstić information content (AvgIpc) is 3.51. The summed E-state index contributed by atoms with van der Waals surface area (Å²) < 4.78 is 0. The number of nitrogens with zero attached hydrogens (tertiary/aromatic N) is 5. The van der Waals surface area contributed by atoms with E-state index in [1.807, 2.05) is 54.9 Å². The van der Waals surface area contributed by atoms with Crippen molar-refractivity contribution in [1.82, 2.24) is 24.9 Å². The van der Waals surface area contributed by atoms with Gasteiger partial charge in [0.1, 0.15) is 0 Å². The molecule has 3 heterocycles. The van der Waals surface area contributed by atoms with Crippen molar-refractivity contribution in [2.24, 2.45) is 0 Å². The van der Waals surface area contributed by atoms with Gasteiger partial charge in [-0.2, -0.15) is 0 Å². The van der Waals surface area contributed by atoms with E-state index >= 15 is 0 Å². The first-order chi connectivity index (χ1) is 38.1. The Bertz CT molecular complexity index is 3760. The van der Waals surface area contributed by atoms with Gasteiger partial charge in [0.05, 0.1) is 0 Å². The van der Waals surface area contributed by atoms with Gasteiger partial charge in [-0.25, -0.2) is 15.0 Å². The standard InChI is InChI=1S/C41H38N.C34H33N4.2Ir/c1-40(2,3)36-18-14-28(15-19-36)33-25-34(29-16-20-37(21-17-29)41(4,5)6)27-35(26-33)31-11-9-12-32(24-31)39-38-13-8-7-10-30(38)22-23-42-39;1-33(2,3)27-17-12-24(13-18-27)30-36-31(25-14-19-28(20-15-25)34(4,5)6)38-32(37-30)26-16-21-29(35-22-26)23-10-8-7-9-11-23;;/h7-11,13-27H,1-6H3;7-10,12-22H,1-6H3;;/q2*-1;;. The number of fused-ring (bicyclic) bond motifs is 1. The summed E-state index contributed by atoms with van der Waals surface area (Å²) >= 11 is 0. The van der Waals surface area contributed by atoms with Crippen LogP contribution < -0.4 is 0 Å². The first kappa shape index (κ1) is 60.7. The van der Waals surface area contributed by atoms with Gasteiger partial charge in [-0.15, -0.1) is 71.3 Å². The van der Waals surface area contributed by atoms with Crippen LogP contribution in [0.1, 0.15) is 105 Å². The molecule has 0 unspecified atom stereocenters. The van der Waals surface area contributed by atoms with Gasteiger partial charge in [0, 0.05) is 69.3 Å². The number of pyridine rings is 2. The third-order valence-electron chi connectivity index (χ3n) is 14.8. The minimum absolute atomic E-state index is 0. The number of benzene rings is 8. The average molecular weight is 1430 g/mol. The van der Waals surface area contributed by atoms with Gasteiger partial charge in [-0.1, -0.05) is 217 Å². The van der Waals surface area contributed by atoms with E-state index in [1.54, 1.807) is 0 Å². The summed E-state index contributed by atoms with van der Waals surface area (Å²) in [5, 5.41) is 2.32. The van der Waals surface area contributed by atoms with E-state index in [-0.39, 0.29) is 61.9 Å². The van der Waals surface area contributed by atoms with Crippen molar-refractivity contribution in [3.63, 3.8) is 0 Å². The Hall–Kier alpha value is -7.37. The van der Waals surface area contributed by atoms with Crippen molar-refractivity contribution < 1.29 is 40.2 Å². The van der Waals surface area contributed by atoms with E-state index in [0.29, 0.717) is 17.5 Å². The van der Waals surface area contributed by atoms with Crippen LogP contribution in [-0.2, 0) is 61.9 Å². The van der Waals surface area contributed by atoms with Crippen LogP contribution in [0.4, 0.5) is 0 Å². The molecule has 0 amide bonds. The molecule has 0 saturated heterocycles. The van der Waals surface area contributed by atoms with Gasteiger partial charge in [0.15, 0.2) is 17.5 Å². The van der Waals surface area contributed by atoms with Crippen LogP contribution in [0, 0.1) is 12.1 Å². The second-order valence-corrected chi connectivity index (χ2v) is 25.0. The number of aromatic nitrogens is 5. The Balaban J connectivity index is 0.000000211. The molecule has 2 radical (unpaired) electrons. The quantitative estimate of drug-likeness (QED) is 0.142. The second kappa shape index (κ2) is 25.0. The minimum atomic E-state index is 0. The van der Waals surface area contributed by atoms with Gasteiger partial charge in [-0.3, -0.25) is 0 Å². The maximum absolute atomic E-state index is 4.90. The summed E-state index contributed by atoms with van der Waals surface area (Å²) in [5.74, 6) is 1.89. The van der Waals surface area contributed by atoms with Gasteiger partial charge in [0.25, 0.3) is 0 Å². The molecule has 416 valence electrons. The zero-order chi connectivity index (χ0) is 56.4. The summed E-state index contributed by atoms with van der Waals surface area (Å²) in [7, 11) is 0. The van der Waals surface area contributed by atoms with Crippen LogP contribution >= 0.6 is 0 Å². The zero-order valence-corrected chi connectivity index (χ0v) is 53.9. The summed E-state index contributed by atoms with van der Waals surface area (Å²) in [5.41, 5.74) is 19.3. The first-order valence-corrected chi connectivity index (χ1v) is 27.8. The Labute approximate surface area is 514 Å². The fraction of sp³-hybridized carbons (Fsp3) is 0.213. The molecule has 8 aromatic carbocycles. The second-order valence-electron chi connectivity index (χ2n) is 25.0. The number of hydrogen-bond acceptors (Lipinski definition) is 5. The van der Waals surface area contributed by atoms with Crippen molar-refractivity contribution in [3.05, 3.63) is 247 Å². The van der Waals surface area contributed by atoms with Crippen LogP contribution in [0.25, 0.3) is 101 Å². The van der Waals surface area contributed by atoms with Gasteiger partial charge >= 0.3 is 0 Å². The number of hydrogen-bond donors (Lipinski definition) is 0. The molecule has 5 nitrogen and oxygen atoms in total. The van der Waals surface area contributed by atoms with Crippen molar-refractivity contribution in [2.75, 3.05) is 0 Å². The molecular weight excluding hydrogens is 1360 g/mol. The van der Waals surface area contributed by atoms with Crippen LogP contribution in [0.3, 0.4) is 0 Å². The molecular formula is C75H71Ir2N5-2. The van der Waals surface area contributed by atoms with Crippen LogP contribution in [0.15, 0.2) is 213 Å². The predicted octanol–water partition coefficient (Wildman–Crippen LogP) is 19.6. The molecule has 0 saturated carbocycles. The van der Waals surface area contributed by atoms with Crippen LogP contribution in [0.5, 0.6) is 0 Å². The largest absolute Gasteiger partial charge is 0.304 e. The Kier molecular flexibility index (Phi) is 18.5. The van der Waals surface area contributed by atoms with E-state index < -0.39 is 0 Å². The van der Waals surface area contributed by atoms with Crippen LogP contribution in [0.2, 0.25) is 0 Å². The molecule has 0 spiro atoms. The summed E-state index contributed by atoms with van der Waals surface area (Å²) in [4.78, 5) is 24.1. The van der Waals surface area contributed by atoms with E-state index in [9.17, 15) is 0 Å². The molecule has 7 heteroatoms. The minimum Gasteiger partial charge on any atom is -0.304 e. The van der Waals surface area contributed by atoms with E-state index in [4.69, 9.17) is 19.9 Å². The van der Waals surface area contributed by atoms with E-state index in [1.165, 1.54) is 55.5 Å². The zero-order valence-electron chi connectivity index (χ0n) is 49.1. The molecule has 0 atom stereocenters. The molecule has 11 rings (SSSR count). The van der Waals surface area contributed by atoms with E-state index in [0.717, 1.165) is 50.2 Å². The molecule has 0 aliphatic rings. The SMILES string of the molecule is CC(C)(C)c1ccc(-c2cc(-c3ccc(C(C)(C)C)cc3)cc(-c3cc[c-]c(-c4nccc5ccccc45)c3)c2)cc1.CC(C)(C)c1ccc(-c2nc(-c3ccc(C(C)(C)C)cc3)nc(-c3ccc(-c4[c-]cccc4)nc3)n2)cc1.[Ir].[Ir]. The fourth-order valence-electron chi connectivity index (χ4n) is 9.81. The molecule has 0 fully saturated rings. The van der Waals surface area contributed by atoms with Gasteiger partial charge < -0.3 is 9.97 Å². The van der Waals surface area contributed by atoms with Crippen molar-refractivity contribution in [1.29, 1.82) is 0 Å². The van der Waals surface area contributed by atoms with Crippen molar-refractivity contribution in [2.45, 2.75) is 105 Å². The maximum atomic E-state index is 4.90. The molecule has 0 N–H and O–H groups in total. The third kappa shape index (κ3) is 14.3. The maximum Gasteiger partial charge on any atom is 0.165 e. The Morgan fingerprint density at radius 2 is 0.732 bits per heavy atom. The molecule has 0 aliphatic heterocycles. The summed E-state index contributed by atoms with van der Waals surface area (Å²) in [6.07, 6.45) is 3.71. The molecule has 82 heavy (non-hydrogen) atoms. The molecule has 3 aromatic heterocycles.